The summed E-state index contributed by atoms with van der Waals surface area (Å²) >= 11 is 0. The van der Waals surface area contributed by atoms with Gasteiger partial charge in [-0.3, -0.25) is 0 Å². The minimum atomic E-state index is -1.62. The predicted molar refractivity (Wildman–Crippen MR) is 75.0 cm³/mol. The van der Waals surface area contributed by atoms with Gasteiger partial charge in [0.25, 0.3) is 0 Å². The molecule has 4 heteroatoms. The molecule has 1 atom stereocenters. The molecule has 1 N–H and O–H groups in total. The Morgan fingerprint density at radius 1 is 1.13 bits per heavy atom. The lowest BCUT2D eigenvalue weighted by Gasteiger charge is -2.37. The average molecular weight is 246 g/mol. The van der Waals surface area contributed by atoms with Crippen molar-refractivity contribution in [3.8, 4) is 0 Å². The molecule has 0 rings (SSSR count). The van der Waals surface area contributed by atoms with Gasteiger partial charge >= 0.3 is 0 Å². The molecule has 0 bridgehead atoms. The summed E-state index contributed by atoms with van der Waals surface area (Å²) in [6, 6.07) is 0. The Labute approximate surface area is 96.9 Å². The van der Waals surface area contributed by atoms with Crippen LogP contribution in [0.1, 0.15) is 20.3 Å². The zero-order valence-corrected chi connectivity index (χ0v) is 13.6. The molecule has 2 nitrogen and oxygen atoms in total. The van der Waals surface area contributed by atoms with Crippen molar-refractivity contribution < 1.29 is 5.11 Å². The Bertz CT molecular complexity index is 246. The van der Waals surface area contributed by atoms with Crippen molar-refractivity contribution in [2.24, 2.45) is 4.66 Å². The van der Waals surface area contributed by atoms with E-state index in [0.29, 0.717) is 0 Å². The first-order valence-electron chi connectivity index (χ1n) is 5.73. The number of nitrogens with zero attached hydrogens (tertiary/aromatic N) is 1. The van der Waals surface area contributed by atoms with E-state index in [1.807, 2.05) is 6.92 Å². The van der Waals surface area contributed by atoms with Crippen LogP contribution >= 0.6 is 0 Å². The van der Waals surface area contributed by atoms with Gasteiger partial charge in [0.15, 0.2) is 8.24 Å². The van der Waals surface area contributed by atoms with Gasteiger partial charge < -0.3 is 9.76 Å². The van der Waals surface area contributed by atoms with Gasteiger partial charge in [-0.05, 0) is 33.0 Å². The van der Waals surface area contributed by atoms with E-state index in [1.165, 1.54) is 0 Å². The minimum Gasteiger partial charge on any atom is -0.388 e. The van der Waals surface area contributed by atoms with E-state index >= 15 is 0 Å². The predicted octanol–water partition coefficient (Wildman–Crippen LogP) is 3.30. The maximum Gasteiger partial charge on any atom is 0.172 e. The lowest BCUT2D eigenvalue weighted by atomic mass is 10.2. The standard InChI is InChI=1S/C11H27NOSi2/c1-9-10(12-15(6,7)8)11(2,13)14(3,4)5/h13H,9H2,1-8H3. The number of hydrogen-bond donors (Lipinski definition) is 1. The van der Waals surface area contributed by atoms with Crippen molar-refractivity contribution in [1.82, 2.24) is 0 Å². The van der Waals surface area contributed by atoms with Gasteiger partial charge in [-0.1, -0.05) is 26.6 Å². The fourth-order valence-corrected chi connectivity index (χ4v) is 3.77. The van der Waals surface area contributed by atoms with Crippen molar-refractivity contribution in [1.29, 1.82) is 0 Å². The molecular weight excluding hydrogens is 218 g/mol. The molecule has 0 aliphatic heterocycles. The third-order valence-electron chi connectivity index (χ3n) is 2.83. The maximum absolute atomic E-state index is 10.6. The van der Waals surface area contributed by atoms with E-state index in [1.54, 1.807) is 0 Å². The maximum atomic E-state index is 10.6. The SMILES string of the molecule is CCC(=N[Si](C)(C)C)C(C)(O)[Si](C)(C)C. The largest absolute Gasteiger partial charge is 0.388 e. The highest BCUT2D eigenvalue weighted by atomic mass is 28.3. The van der Waals surface area contributed by atoms with Crippen LogP contribution in [0.5, 0.6) is 0 Å². The van der Waals surface area contributed by atoms with Crippen LogP contribution in [0.3, 0.4) is 0 Å². The monoisotopic (exact) mass is 245 g/mol. The van der Waals surface area contributed by atoms with Gasteiger partial charge in [0, 0.05) is 5.71 Å². The lowest BCUT2D eigenvalue weighted by molar-refractivity contribution is 0.204. The third-order valence-corrected chi connectivity index (χ3v) is 6.98. The summed E-state index contributed by atoms with van der Waals surface area (Å²) < 4.78 is 4.81. The van der Waals surface area contributed by atoms with E-state index in [4.69, 9.17) is 4.66 Å². The molecule has 0 saturated heterocycles. The molecule has 0 aliphatic carbocycles. The van der Waals surface area contributed by atoms with E-state index in [9.17, 15) is 5.11 Å². The van der Waals surface area contributed by atoms with Gasteiger partial charge in [0.1, 0.15) is 0 Å². The van der Waals surface area contributed by atoms with Crippen LogP contribution in [0.15, 0.2) is 4.66 Å². The van der Waals surface area contributed by atoms with Crippen LogP contribution in [0, 0.1) is 0 Å². The lowest BCUT2D eigenvalue weighted by Crippen LogP contribution is -2.56. The zero-order chi connectivity index (χ0) is 12.5. The summed E-state index contributed by atoms with van der Waals surface area (Å²) in [6.45, 7) is 17.3. The van der Waals surface area contributed by atoms with Crippen LogP contribution < -0.4 is 0 Å². The van der Waals surface area contributed by atoms with Gasteiger partial charge in [-0.2, -0.15) is 0 Å². The molecule has 0 amide bonds. The molecule has 1 unspecified atom stereocenters. The Kier molecular flexibility index (Phi) is 4.53. The second-order valence-electron chi connectivity index (χ2n) is 6.41. The molecule has 0 spiro atoms. The minimum absolute atomic E-state index is 0.665. The van der Waals surface area contributed by atoms with Crippen LogP contribution in [0.4, 0.5) is 0 Å². The molecular formula is C11H27NOSi2. The fraction of sp³-hybridized carbons (Fsp3) is 0.909. The molecule has 0 fully saturated rings. The van der Waals surface area contributed by atoms with E-state index in [-0.39, 0.29) is 0 Å². The summed E-state index contributed by atoms with van der Waals surface area (Å²) in [5, 5.41) is 9.96. The van der Waals surface area contributed by atoms with Gasteiger partial charge in [0.05, 0.1) is 13.3 Å². The molecule has 0 aromatic carbocycles. The normalized spacial score (nSPS) is 18.9. The smallest absolute Gasteiger partial charge is 0.172 e. The highest BCUT2D eigenvalue weighted by molar-refractivity contribution is 6.83. The first-order valence-corrected chi connectivity index (χ1v) is 12.7. The zero-order valence-electron chi connectivity index (χ0n) is 11.6. The van der Waals surface area contributed by atoms with Crippen LogP contribution in [0.2, 0.25) is 39.3 Å². The molecule has 0 aromatic rings. The van der Waals surface area contributed by atoms with Crippen LogP contribution in [-0.4, -0.2) is 32.4 Å². The molecule has 0 aliphatic rings. The van der Waals surface area contributed by atoms with E-state index in [0.717, 1.165) is 12.1 Å². The van der Waals surface area contributed by atoms with Crippen molar-refractivity contribution in [3.63, 3.8) is 0 Å². The Morgan fingerprint density at radius 2 is 1.53 bits per heavy atom. The van der Waals surface area contributed by atoms with Crippen LogP contribution in [-0.2, 0) is 0 Å². The summed E-state index contributed by atoms with van der Waals surface area (Å²) in [5.74, 6) is 0. The Morgan fingerprint density at radius 3 is 1.73 bits per heavy atom. The highest BCUT2D eigenvalue weighted by Gasteiger charge is 2.41. The summed E-state index contributed by atoms with van der Waals surface area (Å²) in [5.41, 5.74) is 1.01. The molecule has 0 saturated carbocycles. The van der Waals surface area contributed by atoms with E-state index in [2.05, 4.69) is 46.2 Å². The summed E-state index contributed by atoms with van der Waals surface area (Å²) in [6.07, 6.45) is 0.863. The summed E-state index contributed by atoms with van der Waals surface area (Å²) in [4.78, 5) is 0. The van der Waals surface area contributed by atoms with Crippen LogP contribution in [0.25, 0.3) is 0 Å². The second-order valence-corrected chi connectivity index (χ2v) is 16.4. The number of hydrogen-bond acceptors (Lipinski definition) is 2. The number of rotatable bonds is 4. The Balaban J connectivity index is 5.25. The highest BCUT2D eigenvalue weighted by Crippen LogP contribution is 2.24. The molecule has 0 heterocycles. The fourth-order valence-electron chi connectivity index (χ4n) is 1.37. The van der Waals surface area contributed by atoms with Gasteiger partial charge in [-0.15, -0.1) is 0 Å². The van der Waals surface area contributed by atoms with Crippen molar-refractivity contribution in [2.75, 3.05) is 0 Å². The molecule has 90 valence electrons. The Hall–Kier alpha value is 0.0638. The first kappa shape index (κ1) is 15.1. The van der Waals surface area contributed by atoms with E-state index < -0.39 is 21.5 Å². The average Bonchev–Trinajstić information content (AvgIpc) is 1.95. The molecule has 15 heavy (non-hydrogen) atoms. The third kappa shape index (κ3) is 4.20. The van der Waals surface area contributed by atoms with Gasteiger partial charge in [-0.25, -0.2) is 0 Å². The quantitative estimate of drug-likeness (QED) is 0.598. The first-order chi connectivity index (χ1) is 6.42. The van der Waals surface area contributed by atoms with Crippen molar-refractivity contribution in [2.45, 2.75) is 64.8 Å². The second kappa shape index (κ2) is 4.51. The topological polar surface area (TPSA) is 32.6 Å². The van der Waals surface area contributed by atoms with Crippen molar-refractivity contribution in [3.05, 3.63) is 0 Å². The molecule has 0 radical (unpaired) electrons. The summed E-state index contributed by atoms with van der Waals surface area (Å²) in [7, 11) is -3.10. The van der Waals surface area contributed by atoms with Crippen molar-refractivity contribution >= 4 is 22.0 Å². The molecule has 0 aromatic heterocycles. The number of aliphatic hydroxyl groups is 1. The van der Waals surface area contributed by atoms with Gasteiger partial charge in [0.2, 0.25) is 0 Å².